The van der Waals surface area contributed by atoms with Crippen LogP contribution in [0.3, 0.4) is 0 Å². The van der Waals surface area contributed by atoms with Crippen LogP contribution in [0, 0.1) is 6.92 Å². The molecule has 0 aliphatic rings. The van der Waals surface area contributed by atoms with Crippen LogP contribution in [0.4, 0.5) is 0 Å². The summed E-state index contributed by atoms with van der Waals surface area (Å²) in [5.41, 5.74) is 2.90. The molecule has 0 spiro atoms. The van der Waals surface area contributed by atoms with Crippen LogP contribution in [0.25, 0.3) is 0 Å². The van der Waals surface area contributed by atoms with Crippen molar-refractivity contribution in [3.8, 4) is 5.75 Å². The number of aromatic nitrogens is 3. The number of pyridine rings is 2. The number of hydrogen-bond donors (Lipinski definition) is 0. The predicted octanol–water partition coefficient (Wildman–Crippen LogP) is 3.06. The molecule has 3 aromatic heterocycles. The number of thiazole rings is 1. The van der Waals surface area contributed by atoms with Crippen LogP contribution in [-0.4, -0.2) is 39.4 Å². The molecule has 27 heavy (non-hydrogen) atoms. The Labute approximate surface area is 162 Å². The van der Waals surface area contributed by atoms with Crippen LogP contribution in [0.2, 0.25) is 0 Å². The Morgan fingerprint density at radius 3 is 2.78 bits per heavy atom. The summed E-state index contributed by atoms with van der Waals surface area (Å²) in [6, 6.07) is 7.73. The van der Waals surface area contributed by atoms with Crippen LogP contribution in [0.15, 0.2) is 48.2 Å². The second-order valence-corrected chi connectivity index (χ2v) is 7.20. The zero-order valence-corrected chi connectivity index (χ0v) is 16.3. The number of aryl methyl sites for hydroxylation is 1. The maximum Gasteiger partial charge on any atom is 0.228 e. The lowest BCUT2D eigenvalue weighted by molar-refractivity contribution is -0.129. The number of hydrogen-bond acceptors (Lipinski definition) is 6. The molecule has 0 aliphatic heterocycles. The Morgan fingerprint density at radius 2 is 2.04 bits per heavy atom. The molecule has 0 atom stereocenters. The van der Waals surface area contributed by atoms with Crippen LogP contribution in [0.1, 0.15) is 22.0 Å². The third kappa shape index (κ3) is 5.86. The first kappa shape index (κ1) is 19.0. The number of likely N-dealkylation sites (N-methyl/N-ethyl adjacent to an activating group) is 1. The lowest BCUT2D eigenvalue weighted by Gasteiger charge is -2.16. The van der Waals surface area contributed by atoms with Crippen molar-refractivity contribution in [3.05, 3.63) is 70.2 Å². The van der Waals surface area contributed by atoms with E-state index in [-0.39, 0.29) is 5.91 Å². The van der Waals surface area contributed by atoms with Crippen molar-refractivity contribution in [2.45, 2.75) is 26.4 Å². The van der Waals surface area contributed by atoms with E-state index in [2.05, 4.69) is 15.0 Å². The highest BCUT2D eigenvalue weighted by atomic mass is 32.1. The highest BCUT2D eigenvalue weighted by molar-refractivity contribution is 7.09. The van der Waals surface area contributed by atoms with Gasteiger partial charge in [0.15, 0.2) is 0 Å². The van der Waals surface area contributed by atoms with E-state index in [1.165, 1.54) is 16.9 Å². The standard InChI is InChI=1S/C20H22N4O2S/c1-15-3-4-18(12-22-15)26-13-19-23-17(14-27-19)11-20(25)24(2)10-7-16-5-8-21-9-6-16/h3-6,8-9,12,14H,7,10-11,13H2,1-2H3. The predicted molar refractivity (Wildman–Crippen MR) is 105 cm³/mol. The summed E-state index contributed by atoms with van der Waals surface area (Å²) in [4.78, 5) is 26.8. The van der Waals surface area contributed by atoms with Gasteiger partial charge in [-0.3, -0.25) is 14.8 Å². The minimum atomic E-state index is 0.0598. The van der Waals surface area contributed by atoms with Gasteiger partial charge in [0.05, 0.1) is 18.3 Å². The fraction of sp³-hybridized carbons (Fsp3) is 0.300. The van der Waals surface area contributed by atoms with Gasteiger partial charge in [-0.05, 0) is 43.2 Å². The smallest absolute Gasteiger partial charge is 0.228 e. The summed E-state index contributed by atoms with van der Waals surface area (Å²) in [7, 11) is 1.82. The van der Waals surface area contributed by atoms with Crippen molar-refractivity contribution >= 4 is 17.2 Å². The summed E-state index contributed by atoms with van der Waals surface area (Å²) < 4.78 is 5.69. The second-order valence-electron chi connectivity index (χ2n) is 6.25. The van der Waals surface area contributed by atoms with Gasteiger partial charge in [-0.1, -0.05) is 0 Å². The third-order valence-corrected chi connectivity index (χ3v) is 4.96. The Morgan fingerprint density at radius 1 is 1.22 bits per heavy atom. The van der Waals surface area contributed by atoms with Crippen molar-refractivity contribution in [2.75, 3.05) is 13.6 Å². The SMILES string of the molecule is Cc1ccc(OCc2nc(CC(=O)N(C)CCc3ccncc3)cs2)cn1. The molecule has 3 heterocycles. The highest BCUT2D eigenvalue weighted by Gasteiger charge is 2.12. The molecule has 140 valence electrons. The van der Waals surface area contributed by atoms with E-state index in [9.17, 15) is 4.79 Å². The van der Waals surface area contributed by atoms with Crippen LogP contribution in [-0.2, 0) is 24.2 Å². The summed E-state index contributed by atoms with van der Waals surface area (Å²) in [5, 5.41) is 2.76. The minimum absolute atomic E-state index is 0.0598. The Bertz CT molecular complexity index is 865. The van der Waals surface area contributed by atoms with E-state index in [1.54, 1.807) is 23.5 Å². The topological polar surface area (TPSA) is 68.2 Å². The molecule has 0 unspecified atom stereocenters. The molecule has 0 bridgehead atoms. The first-order chi connectivity index (χ1) is 13.1. The molecule has 0 N–H and O–H groups in total. The van der Waals surface area contributed by atoms with Gasteiger partial charge in [-0.2, -0.15) is 0 Å². The lowest BCUT2D eigenvalue weighted by Crippen LogP contribution is -2.30. The molecular formula is C20H22N4O2S. The Balaban J connectivity index is 1.46. The van der Waals surface area contributed by atoms with Crippen molar-refractivity contribution in [1.29, 1.82) is 0 Å². The molecule has 0 saturated carbocycles. The lowest BCUT2D eigenvalue weighted by atomic mass is 10.2. The fourth-order valence-electron chi connectivity index (χ4n) is 2.44. The first-order valence-electron chi connectivity index (χ1n) is 8.72. The second kappa shape index (κ2) is 9.23. The summed E-state index contributed by atoms with van der Waals surface area (Å²) in [6.45, 7) is 2.98. The van der Waals surface area contributed by atoms with Crippen LogP contribution in [0.5, 0.6) is 5.75 Å². The number of nitrogens with zero attached hydrogens (tertiary/aromatic N) is 4. The summed E-state index contributed by atoms with van der Waals surface area (Å²) in [5.74, 6) is 0.772. The molecule has 3 rings (SSSR count). The molecule has 0 saturated heterocycles. The van der Waals surface area contributed by atoms with Crippen molar-refractivity contribution < 1.29 is 9.53 Å². The first-order valence-corrected chi connectivity index (χ1v) is 9.60. The maximum absolute atomic E-state index is 12.4. The van der Waals surface area contributed by atoms with Gasteiger partial charge in [-0.15, -0.1) is 11.3 Å². The average Bonchev–Trinajstić information content (AvgIpc) is 3.13. The van der Waals surface area contributed by atoms with Crippen molar-refractivity contribution in [3.63, 3.8) is 0 Å². The maximum atomic E-state index is 12.4. The van der Waals surface area contributed by atoms with Crippen LogP contribution < -0.4 is 4.74 Å². The van der Waals surface area contributed by atoms with Gasteiger partial charge in [0.25, 0.3) is 0 Å². The van der Waals surface area contributed by atoms with Gasteiger partial charge in [0, 0.05) is 37.1 Å². The number of carbonyl (C=O) groups excluding carboxylic acids is 1. The van der Waals surface area contributed by atoms with E-state index in [0.717, 1.165) is 22.8 Å². The number of ether oxygens (including phenoxy) is 1. The molecule has 0 aromatic carbocycles. The van der Waals surface area contributed by atoms with E-state index >= 15 is 0 Å². The largest absolute Gasteiger partial charge is 0.485 e. The van der Waals surface area contributed by atoms with E-state index < -0.39 is 0 Å². The van der Waals surface area contributed by atoms with E-state index in [4.69, 9.17) is 4.74 Å². The number of rotatable bonds is 8. The van der Waals surface area contributed by atoms with Crippen LogP contribution >= 0.6 is 11.3 Å². The molecule has 0 aliphatic carbocycles. The van der Waals surface area contributed by atoms with Gasteiger partial charge in [0.2, 0.25) is 5.91 Å². The van der Waals surface area contributed by atoms with Crippen molar-refractivity contribution in [1.82, 2.24) is 19.9 Å². The number of carbonyl (C=O) groups is 1. The number of amides is 1. The van der Waals surface area contributed by atoms with E-state index in [1.807, 2.05) is 43.6 Å². The Hall–Kier alpha value is -2.80. The van der Waals surface area contributed by atoms with Gasteiger partial charge in [-0.25, -0.2) is 4.98 Å². The molecule has 7 heteroatoms. The minimum Gasteiger partial charge on any atom is -0.485 e. The van der Waals surface area contributed by atoms with Crippen molar-refractivity contribution in [2.24, 2.45) is 0 Å². The van der Waals surface area contributed by atoms with Gasteiger partial charge < -0.3 is 9.64 Å². The average molecular weight is 382 g/mol. The summed E-state index contributed by atoms with van der Waals surface area (Å²) >= 11 is 1.50. The fourth-order valence-corrected chi connectivity index (χ4v) is 3.15. The monoisotopic (exact) mass is 382 g/mol. The molecule has 0 fully saturated rings. The normalized spacial score (nSPS) is 10.6. The molecular weight excluding hydrogens is 360 g/mol. The highest BCUT2D eigenvalue weighted by Crippen LogP contribution is 2.15. The quantitative estimate of drug-likeness (QED) is 0.599. The third-order valence-electron chi connectivity index (χ3n) is 4.09. The molecule has 1 amide bonds. The van der Waals surface area contributed by atoms with Gasteiger partial charge >= 0.3 is 0 Å². The molecule has 0 radical (unpaired) electrons. The summed E-state index contributed by atoms with van der Waals surface area (Å²) in [6.07, 6.45) is 6.34. The molecule has 6 nitrogen and oxygen atoms in total. The van der Waals surface area contributed by atoms with Gasteiger partial charge in [0.1, 0.15) is 17.4 Å². The zero-order chi connectivity index (χ0) is 19.1. The molecule has 3 aromatic rings. The Kier molecular flexibility index (Phi) is 6.49. The zero-order valence-electron chi connectivity index (χ0n) is 15.5. The van der Waals surface area contributed by atoms with E-state index in [0.29, 0.717) is 25.3 Å².